The second-order valence-electron chi connectivity index (χ2n) is 2.86. The highest BCUT2D eigenvalue weighted by atomic mass is 16.5. The van der Waals surface area contributed by atoms with E-state index in [1.807, 2.05) is 32.1 Å². The Morgan fingerprint density at radius 1 is 1.40 bits per heavy atom. The van der Waals surface area contributed by atoms with E-state index in [-0.39, 0.29) is 5.78 Å². The maximum absolute atomic E-state index is 11.8. The minimum absolute atomic E-state index is 0.139. The number of aromatic nitrogens is 1. The zero-order valence-corrected chi connectivity index (χ0v) is 8.81. The van der Waals surface area contributed by atoms with Gasteiger partial charge in [-0.3, -0.25) is 4.79 Å². The number of Topliss-reactive ketones (excluding diaryl/α,β-unsaturated/α-hetero) is 1. The zero-order valence-electron chi connectivity index (χ0n) is 8.81. The van der Waals surface area contributed by atoms with Gasteiger partial charge in [0.25, 0.3) is 0 Å². The maximum Gasteiger partial charge on any atom is 0.214 e. The van der Waals surface area contributed by atoms with Crippen molar-refractivity contribution >= 4 is 5.78 Å². The third-order valence-electron chi connectivity index (χ3n) is 1.75. The van der Waals surface area contributed by atoms with Crippen molar-refractivity contribution in [3.63, 3.8) is 0 Å². The van der Waals surface area contributed by atoms with Gasteiger partial charge in [0.15, 0.2) is 5.69 Å². The Morgan fingerprint density at radius 2 is 2.20 bits per heavy atom. The molecule has 0 amide bonds. The fourth-order valence-electron chi connectivity index (χ4n) is 1.06. The molecule has 0 saturated carbocycles. The van der Waals surface area contributed by atoms with Crippen LogP contribution in [0.1, 0.15) is 24.3 Å². The summed E-state index contributed by atoms with van der Waals surface area (Å²) in [4.78, 5) is 11.8. The minimum atomic E-state index is -0.139. The summed E-state index contributed by atoms with van der Waals surface area (Å²) in [6.07, 6.45) is 10.4. The highest BCUT2D eigenvalue weighted by Gasteiger charge is 2.11. The van der Waals surface area contributed by atoms with Crippen LogP contribution in [0, 0.1) is 0 Å². The molecule has 0 spiro atoms. The van der Waals surface area contributed by atoms with Crippen molar-refractivity contribution in [2.75, 3.05) is 0 Å². The van der Waals surface area contributed by atoms with E-state index in [4.69, 9.17) is 0 Å². The SMILES string of the molecule is C\C=C/C=C(\C=C/C)C(=O)c1ccon1. The van der Waals surface area contributed by atoms with Crippen LogP contribution in [0.3, 0.4) is 0 Å². The van der Waals surface area contributed by atoms with E-state index in [1.165, 1.54) is 6.26 Å². The lowest BCUT2D eigenvalue weighted by atomic mass is 10.1. The first-order valence-corrected chi connectivity index (χ1v) is 4.70. The van der Waals surface area contributed by atoms with Gasteiger partial charge in [-0.1, -0.05) is 35.5 Å². The zero-order chi connectivity index (χ0) is 11.1. The standard InChI is InChI=1S/C12H13NO2/c1-3-5-7-10(6-4-2)12(14)11-8-9-15-13-11/h3-9H,1-2H3/b5-3-,6-4-,10-7+. The maximum atomic E-state index is 11.8. The molecule has 0 aliphatic rings. The molecule has 1 aromatic heterocycles. The summed E-state index contributed by atoms with van der Waals surface area (Å²) in [6, 6.07) is 1.55. The predicted molar refractivity (Wildman–Crippen MR) is 58.5 cm³/mol. The van der Waals surface area contributed by atoms with Crippen molar-refractivity contribution in [2.45, 2.75) is 13.8 Å². The van der Waals surface area contributed by atoms with E-state index >= 15 is 0 Å². The highest BCUT2D eigenvalue weighted by molar-refractivity contribution is 6.09. The molecule has 78 valence electrons. The summed E-state index contributed by atoms with van der Waals surface area (Å²) < 4.78 is 4.63. The Kier molecular flexibility index (Phi) is 4.29. The number of nitrogens with zero attached hydrogens (tertiary/aromatic N) is 1. The van der Waals surface area contributed by atoms with Gasteiger partial charge in [-0.15, -0.1) is 0 Å². The molecule has 0 radical (unpaired) electrons. The van der Waals surface area contributed by atoms with Crippen LogP contribution in [-0.2, 0) is 0 Å². The third-order valence-corrected chi connectivity index (χ3v) is 1.75. The molecule has 0 N–H and O–H groups in total. The van der Waals surface area contributed by atoms with Gasteiger partial charge in [-0.2, -0.15) is 0 Å². The first kappa shape index (κ1) is 11.2. The van der Waals surface area contributed by atoms with E-state index in [2.05, 4.69) is 9.68 Å². The Hall–Kier alpha value is -1.90. The topological polar surface area (TPSA) is 43.1 Å². The molecule has 0 unspecified atom stereocenters. The summed E-state index contributed by atoms with van der Waals surface area (Å²) >= 11 is 0. The molecule has 0 aromatic carbocycles. The van der Waals surface area contributed by atoms with Crippen LogP contribution in [0.5, 0.6) is 0 Å². The molecule has 1 aromatic rings. The molecule has 0 bridgehead atoms. The molecule has 0 aliphatic heterocycles. The van der Waals surface area contributed by atoms with Crippen molar-refractivity contribution in [2.24, 2.45) is 0 Å². The van der Waals surface area contributed by atoms with E-state index in [0.29, 0.717) is 11.3 Å². The van der Waals surface area contributed by atoms with Crippen molar-refractivity contribution < 1.29 is 9.32 Å². The number of ketones is 1. The van der Waals surface area contributed by atoms with Crippen LogP contribution in [-0.4, -0.2) is 10.9 Å². The van der Waals surface area contributed by atoms with Gasteiger partial charge in [0, 0.05) is 11.6 Å². The van der Waals surface area contributed by atoms with Crippen molar-refractivity contribution in [1.82, 2.24) is 5.16 Å². The van der Waals surface area contributed by atoms with Crippen molar-refractivity contribution in [3.05, 3.63) is 54.0 Å². The quantitative estimate of drug-likeness (QED) is 0.429. The second kappa shape index (κ2) is 5.75. The number of hydrogen-bond donors (Lipinski definition) is 0. The van der Waals surface area contributed by atoms with Crippen molar-refractivity contribution in [1.29, 1.82) is 0 Å². The van der Waals surface area contributed by atoms with Crippen LogP contribution < -0.4 is 0 Å². The van der Waals surface area contributed by atoms with Crippen molar-refractivity contribution in [3.8, 4) is 0 Å². The highest BCUT2D eigenvalue weighted by Crippen LogP contribution is 2.08. The molecule has 0 atom stereocenters. The van der Waals surface area contributed by atoms with Crippen LogP contribution in [0.2, 0.25) is 0 Å². The lowest BCUT2D eigenvalue weighted by molar-refractivity contribution is 0.103. The van der Waals surface area contributed by atoms with Gasteiger partial charge < -0.3 is 4.52 Å². The number of carbonyl (C=O) groups excluding carboxylic acids is 1. The van der Waals surface area contributed by atoms with Gasteiger partial charge in [0.2, 0.25) is 5.78 Å². The molecule has 3 nitrogen and oxygen atoms in total. The molecular formula is C12H13NO2. The molecule has 1 heterocycles. The average molecular weight is 203 g/mol. The largest absolute Gasteiger partial charge is 0.364 e. The van der Waals surface area contributed by atoms with Gasteiger partial charge in [0.1, 0.15) is 6.26 Å². The summed E-state index contributed by atoms with van der Waals surface area (Å²) in [7, 11) is 0. The smallest absolute Gasteiger partial charge is 0.214 e. The fraction of sp³-hybridized carbons (Fsp3) is 0.167. The molecule has 0 saturated heterocycles. The van der Waals surface area contributed by atoms with E-state index < -0.39 is 0 Å². The minimum Gasteiger partial charge on any atom is -0.364 e. The summed E-state index contributed by atoms with van der Waals surface area (Å²) in [5.41, 5.74) is 0.911. The normalized spacial score (nSPS) is 12.8. The van der Waals surface area contributed by atoms with E-state index in [9.17, 15) is 4.79 Å². The van der Waals surface area contributed by atoms with E-state index in [1.54, 1.807) is 18.2 Å². The lowest BCUT2D eigenvalue weighted by Gasteiger charge is -1.95. The summed E-state index contributed by atoms with van der Waals surface area (Å²) in [6.45, 7) is 3.75. The van der Waals surface area contributed by atoms with Crippen LogP contribution in [0.25, 0.3) is 0 Å². The Morgan fingerprint density at radius 3 is 2.73 bits per heavy atom. The Balaban J connectivity index is 2.96. The van der Waals surface area contributed by atoms with E-state index in [0.717, 1.165) is 0 Å². The van der Waals surface area contributed by atoms with Crippen LogP contribution in [0.15, 0.2) is 52.8 Å². The molecule has 0 aliphatic carbocycles. The fourth-order valence-corrected chi connectivity index (χ4v) is 1.06. The van der Waals surface area contributed by atoms with Gasteiger partial charge in [-0.25, -0.2) is 0 Å². The van der Waals surface area contributed by atoms with Crippen LogP contribution >= 0.6 is 0 Å². The van der Waals surface area contributed by atoms with Gasteiger partial charge in [0.05, 0.1) is 0 Å². The number of hydrogen-bond acceptors (Lipinski definition) is 3. The number of rotatable bonds is 4. The second-order valence-corrected chi connectivity index (χ2v) is 2.86. The Labute approximate surface area is 88.8 Å². The lowest BCUT2D eigenvalue weighted by Crippen LogP contribution is -2.01. The molecule has 1 rings (SSSR count). The molecule has 0 fully saturated rings. The number of carbonyl (C=O) groups is 1. The summed E-state index contributed by atoms with van der Waals surface area (Å²) in [5.74, 6) is -0.139. The van der Waals surface area contributed by atoms with Gasteiger partial charge >= 0.3 is 0 Å². The van der Waals surface area contributed by atoms with Crippen LogP contribution in [0.4, 0.5) is 0 Å². The third kappa shape index (κ3) is 3.06. The first-order valence-electron chi connectivity index (χ1n) is 4.70. The Bertz CT molecular complexity index is 397. The van der Waals surface area contributed by atoms with Gasteiger partial charge in [-0.05, 0) is 13.8 Å². The molecule has 3 heteroatoms. The molecule has 15 heavy (non-hydrogen) atoms. The molecular weight excluding hydrogens is 190 g/mol. The number of allylic oxidation sites excluding steroid dienone is 6. The monoisotopic (exact) mass is 203 g/mol. The average Bonchev–Trinajstić information content (AvgIpc) is 2.76. The first-order chi connectivity index (χ1) is 7.29. The summed E-state index contributed by atoms with van der Waals surface area (Å²) in [5, 5.41) is 3.60. The predicted octanol–water partition coefficient (Wildman–Crippen LogP) is 2.94.